The fraction of sp³-hybridized carbons (Fsp3) is 0.214. The highest BCUT2D eigenvalue weighted by Gasteiger charge is 2.06. The van der Waals surface area contributed by atoms with Gasteiger partial charge in [0.15, 0.2) is 0 Å². The van der Waals surface area contributed by atoms with E-state index in [1.54, 1.807) is 22.7 Å². The van der Waals surface area contributed by atoms with E-state index in [-0.39, 0.29) is 0 Å². The van der Waals surface area contributed by atoms with Gasteiger partial charge in [-0.05, 0) is 6.42 Å². The Balaban J connectivity index is 1.65. The molecule has 1 N–H and O–H groups in total. The van der Waals surface area contributed by atoms with Crippen LogP contribution in [-0.2, 0) is 13.0 Å². The minimum absolute atomic E-state index is 0.694. The second kappa shape index (κ2) is 6.11. The second-order valence-corrected chi connectivity index (χ2v) is 6.14. The van der Waals surface area contributed by atoms with Crippen molar-refractivity contribution in [2.24, 2.45) is 0 Å². The van der Waals surface area contributed by atoms with E-state index in [2.05, 4.69) is 32.8 Å². The zero-order valence-corrected chi connectivity index (χ0v) is 12.7. The van der Waals surface area contributed by atoms with Gasteiger partial charge in [0.1, 0.15) is 5.01 Å². The standard InChI is InChI=1S/C14H14N4S2/c1-2-12-16-11(9-19-12)8-15-14-18-17-13(20-14)10-6-4-3-5-7-10/h3-7,9H,2,8H2,1H3,(H,15,18). The Morgan fingerprint density at radius 3 is 2.75 bits per heavy atom. The molecular formula is C14H14N4S2. The maximum absolute atomic E-state index is 4.52. The van der Waals surface area contributed by atoms with E-state index in [0.29, 0.717) is 6.54 Å². The van der Waals surface area contributed by atoms with Gasteiger partial charge in [0.2, 0.25) is 5.13 Å². The lowest BCUT2D eigenvalue weighted by Gasteiger charge is -1.97. The van der Waals surface area contributed by atoms with Crippen molar-refractivity contribution in [1.82, 2.24) is 15.2 Å². The van der Waals surface area contributed by atoms with E-state index < -0.39 is 0 Å². The normalized spacial score (nSPS) is 10.7. The Bertz CT molecular complexity index is 675. The quantitative estimate of drug-likeness (QED) is 0.778. The molecule has 4 nitrogen and oxygen atoms in total. The number of hydrogen-bond donors (Lipinski definition) is 1. The van der Waals surface area contributed by atoms with Crippen molar-refractivity contribution in [3.05, 3.63) is 46.4 Å². The molecule has 0 saturated heterocycles. The molecule has 0 fully saturated rings. The van der Waals surface area contributed by atoms with Gasteiger partial charge in [0, 0.05) is 10.9 Å². The molecule has 102 valence electrons. The number of thiazole rings is 1. The van der Waals surface area contributed by atoms with Crippen LogP contribution in [0, 0.1) is 0 Å². The van der Waals surface area contributed by atoms with Crippen LogP contribution >= 0.6 is 22.7 Å². The SMILES string of the molecule is CCc1nc(CNc2nnc(-c3ccccc3)s2)cs1. The van der Waals surface area contributed by atoms with Crippen LogP contribution in [-0.4, -0.2) is 15.2 Å². The van der Waals surface area contributed by atoms with Crippen molar-refractivity contribution in [2.75, 3.05) is 5.32 Å². The highest BCUT2D eigenvalue weighted by atomic mass is 32.1. The van der Waals surface area contributed by atoms with E-state index in [1.807, 2.05) is 30.3 Å². The Kier molecular flexibility index (Phi) is 4.03. The predicted octanol–water partition coefficient (Wildman–Crippen LogP) is 3.84. The zero-order chi connectivity index (χ0) is 13.8. The number of benzene rings is 1. The lowest BCUT2D eigenvalue weighted by Crippen LogP contribution is -1.99. The number of anilines is 1. The molecule has 2 aromatic heterocycles. The predicted molar refractivity (Wildman–Crippen MR) is 84.2 cm³/mol. The molecule has 0 amide bonds. The molecule has 3 aromatic rings. The van der Waals surface area contributed by atoms with Crippen molar-refractivity contribution in [3.63, 3.8) is 0 Å². The smallest absolute Gasteiger partial charge is 0.206 e. The fourth-order valence-electron chi connectivity index (χ4n) is 1.75. The Hall–Kier alpha value is -1.79. The van der Waals surface area contributed by atoms with Crippen molar-refractivity contribution < 1.29 is 0 Å². The third-order valence-corrected chi connectivity index (χ3v) is 4.74. The molecule has 6 heteroatoms. The van der Waals surface area contributed by atoms with Crippen molar-refractivity contribution >= 4 is 27.8 Å². The molecule has 0 aliphatic rings. The molecule has 0 aliphatic heterocycles. The monoisotopic (exact) mass is 302 g/mol. The van der Waals surface area contributed by atoms with Crippen LogP contribution in [0.4, 0.5) is 5.13 Å². The van der Waals surface area contributed by atoms with Gasteiger partial charge in [-0.15, -0.1) is 21.5 Å². The number of aromatic nitrogens is 3. The van der Waals surface area contributed by atoms with E-state index >= 15 is 0 Å². The summed E-state index contributed by atoms with van der Waals surface area (Å²) in [7, 11) is 0. The minimum Gasteiger partial charge on any atom is -0.354 e. The Labute approximate surface area is 125 Å². The lowest BCUT2D eigenvalue weighted by atomic mass is 10.2. The number of aryl methyl sites for hydroxylation is 1. The molecule has 0 spiro atoms. The van der Waals surface area contributed by atoms with E-state index in [9.17, 15) is 0 Å². The highest BCUT2D eigenvalue weighted by molar-refractivity contribution is 7.18. The molecule has 2 heterocycles. The van der Waals surface area contributed by atoms with E-state index in [4.69, 9.17) is 0 Å². The average molecular weight is 302 g/mol. The van der Waals surface area contributed by atoms with Crippen LogP contribution in [0.25, 0.3) is 10.6 Å². The van der Waals surface area contributed by atoms with Crippen molar-refractivity contribution in [2.45, 2.75) is 19.9 Å². The molecular weight excluding hydrogens is 288 g/mol. The van der Waals surface area contributed by atoms with Gasteiger partial charge in [0.05, 0.1) is 17.2 Å². The third-order valence-electron chi connectivity index (χ3n) is 2.77. The summed E-state index contributed by atoms with van der Waals surface area (Å²) < 4.78 is 0. The van der Waals surface area contributed by atoms with Crippen molar-refractivity contribution in [1.29, 1.82) is 0 Å². The van der Waals surface area contributed by atoms with Crippen LogP contribution in [0.1, 0.15) is 17.6 Å². The van der Waals surface area contributed by atoms with E-state index in [0.717, 1.165) is 27.8 Å². The van der Waals surface area contributed by atoms with E-state index in [1.165, 1.54) is 5.01 Å². The van der Waals surface area contributed by atoms with Crippen LogP contribution in [0.3, 0.4) is 0 Å². The number of hydrogen-bond acceptors (Lipinski definition) is 6. The van der Waals surface area contributed by atoms with Gasteiger partial charge in [-0.2, -0.15) is 0 Å². The molecule has 0 aliphatic carbocycles. The summed E-state index contributed by atoms with van der Waals surface area (Å²) in [6.07, 6.45) is 0.988. The van der Waals surface area contributed by atoms with Crippen LogP contribution in [0.5, 0.6) is 0 Å². The summed E-state index contributed by atoms with van der Waals surface area (Å²) in [6.45, 7) is 2.81. The maximum Gasteiger partial charge on any atom is 0.206 e. The molecule has 3 rings (SSSR count). The Morgan fingerprint density at radius 2 is 2.00 bits per heavy atom. The lowest BCUT2D eigenvalue weighted by molar-refractivity contribution is 0.994. The Morgan fingerprint density at radius 1 is 1.15 bits per heavy atom. The molecule has 0 unspecified atom stereocenters. The van der Waals surface area contributed by atoms with Gasteiger partial charge in [-0.1, -0.05) is 48.6 Å². The highest BCUT2D eigenvalue weighted by Crippen LogP contribution is 2.26. The molecule has 0 bridgehead atoms. The van der Waals surface area contributed by atoms with Gasteiger partial charge in [-0.25, -0.2) is 4.98 Å². The molecule has 1 aromatic carbocycles. The first-order valence-corrected chi connectivity index (χ1v) is 8.11. The summed E-state index contributed by atoms with van der Waals surface area (Å²) in [5, 5.41) is 16.7. The molecule has 0 radical (unpaired) electrons. The van der Waals surface area contributed by atoms with Crippen LogP contribution < -0.4 is 5.32 Å². The number of nitrogens with zero attached hydrogens (tertiary/aromatic N) is 3. The summed E-state index contributed by atoms with van der Waals surface area (Å²) in [4.78, 5) is 4.52. The minimum atomic E-state index is 0.694. The van der Waals surface area contributed by atoms with Gasteiger partial charge in [-0.3, -0.25) is 0 Å². The van der Waals surface area contributed by atoms with Crippen LogP contribution in [0.15, 0.2) is 35.7 Å². The topological polar surface area (TPSA) is 50.7 Å². The number of nitrogens with one attached hydrogen (secondary N) is 1. The van der Waals surface area contributed by atoms with Gasteiger partial charge >= 0.3 is 0 Å². The largest absolute Gasteiger partial charge is 0.354 e. The fourth-order valence-corrected chi connectivity index (χ4v) is 3.24. The van der Waals surface area contributed by atoms with Crippen molar-refractivity contribution in [3.8, 4) is 10.6 Å². The maximum atomic E-state index is 4.52. The first kappa shape index (κ1) is 13.2. The summed E-state index contributed by atoms with van der Waals surface area (Å²) in [6, 6.07) is 10.1. The molecule has 20 heavy (non-hydrogen) atoms. The first-order valence-electron chi connectivity index (χ1n) is 6.41. The van der Waals surface area contributed by atoms with Gasteiger partial charge < -0.3 is 5.32 Å². The van der Waals surface area contributed by atoms with Crippen LogP contribution in [0.2, 0.25) is 0 Å². The summed E-state index contributed by atoms with van der Waals surface area (Å²) in [5.41, 5.74) is 2.16. The zero-order valence-electron chi connectivity index (χ0n) is 11.0. The average Bonchev–Trinajstić information content (AvgIpc) is 3.15. The molecule has 0 atom stereocenters. The number of rotatable bonds is 5. The third kappa shape index (κ3) is 3.02. The summed E-state index contributed by atoms with van der Waals surface area (Å²) >= 11 is 3.26. The summed E-state index contributed by atoms with van der Waals surface area (Å²) in [5.74, 6) is 0. The molecule has 0 saturated carbocycles. The first-order chi connectivity index (χ1) is 9.85. The van der Waals surface area contributed by atoms with Gasteiger partial charge in [0.25, 0.3) is 0 Å². The second-order valence-electron chi connectivity index (χ2n) is 4.22.